The quantitative estimate of drug-likeness (QED) is 0.677. The molecule has 0 amide bonds. The molecule has 0 radical (unpaired) electrons. The van der Waals surface area contributed by atoms with Gasteiger partial charge in [-0.25, -0.2) is 0 Å². The van der Waals surface area contributed by atoms with Crippen molar-refractivity contribution in [2.24, 2.45) is 0 Å². The minimum Gasteiger partial charge on any atom is -0.405 e. The van der Waals surface area contributed by atoms with Crippen molar-refractivity contribution in [2.45, 2.75) is 26.2 Å². The number of allylic oxidation sites excluding steroid dienone is 12. The molecule has 0 saturated carbocycles. The van der Waals surface area contributed by atoms with E-state index in [4.69, 9.17) is 4.43 Å². The summed E-state index contributed by atoms with van der Waals surface area (Å²) >= 11 is 0. The van der Waals surface area contributed by atoms with Crippen LogP contribution < -0.4 is 0 Å². The molecule has 1 nitrogen and oxygen atoms in total. The third kappa shape index (κ3) is 2.05. The Morgan fingerprint density at radius 1 is 0.842 bits per heavy atom. The molecule has 0 spiro atoms. The zero-order chi connectivity index (χ0) is 13.1. The van der Waals surface area contributed by atoms with Crippen molar-refractivity contribution in [3.8, 4) is 0 Å². The minimum atomic E-state index is -2.10. The van der Waals surface area contributed by atoms with Gasteiger partial charge in [-0.1, -0.05) is 54.7 Å². The maximum absolute atomic E-state index is 6.50. The Bertz CT molecular complexity index is 470. The molecule has 98 valence electrons. The highest BCUT2D eigenvalue weighted by atomic mass is 28.4. The maximum atomic E-state index is 6.50. The van der Waals surface area contributed by atoms with E-state index in [1.807, 2.05) is 0 Å². The van der Waals surface area contributed by atoms with E-state index in [2.05, 4.69) is 61.6 Å². The molecule has 0 aliphatic heterocycles. The van der Waals surface area contributed by atoms with Crippen molar-refractivity contribution in [2.75, 3.05) is 6.61 Å². The van der Waals surface area contributed by atoms with Crippen LogP contribution in [0.5, 0.6) is 0 Å². The highest BCUT2D eigenvalue weighted by Crippen LogP contribution is 2.41. The number of rotatable bonds is 5. The van der Waals surface area contributed by atoms with Crippen LogP contribution in [0.2, 0.25) is 0 Å². The van der Waals surface area contributed by atoms with E-state index >= 15 is 0 Å². The van der Waals surface area contributed by atoms with Gasteiger partial charge in [0.05, 0.1) is 0 Å². The average molecular weight is 268 g/mol. The van der Waals surface area contributed by atoms with Crippen LogP contribution in [0.15, 0.2) is 70.3 Å². The molecule has 0 aromatic heterocycles. The van der Waals surface area contributed by atoms with Gasteiger partial charge in [-0.2, -0.15) is 0 Å². The lowest BCUT2D eigenvalue weighted by Crippen LogP contribution is -2.45. The Kier molecular flexibility index (Phi) is 3.54. The molecule has 0 aromatic carbocycles. The SMILES string of the molecule is CCO[Si](C1=CC=CC1)(C1=CC=CC1)C1=CC=CC1. The predicted octanol–water partition coefficient (Wildman–Crippen LogP) is 4.24. The van der Waals surface area contributed by atoms with Gasteiger partial charge in [0.1, 0.15) is 0 Å². The van der Waals surface area contributed by atoms with Crippen LogP contribution in [0.1, 0.15) is 26.2 Å². The summed E-state index contributed by atoms with van der Waals surface area (Å²) in [5.41, 5.74) is 0. The maximum Gasteiger partial charge on any atom is 0.276 e. The lowest BCUT2D eigenvalue weighted by atomic mass is 10.4. The van der Waals surface area contributed by atoms with E-state index in [9.17, 15) is 0 Å². The van der Waals surface area contributed by atoms with E-state index in [0.717, 1.165) is 25.9 Å². The lowest BCUT2D eigenvalue weighted by molar-refractivity contribution is 0.337. The summed E-state index contributed by atoms with van der Waals surface area (Å²) in [6.45, 7) is 2.91. The van der Waals surface area contributed by atoms with Crippen molar-refractivity contribution in [3.05, 3.63) is 70.3 Å². The Balaban J connectivity index is 2.05. The second kappa shape index (κ2) is 5.31. The van der Waals surface area contributed by atoms with Gasteiger partial charge in [-0.05, 0) is 41.8 Å². The Labute approximate surface area is 116 Å². The smallest absolute Gasteiger partial charge is 0.276 e. The van der Waals surface area contributed by atoms with Crippen LogP contribution in [0, 0.1) is 0 Å². The topological polar surface area (TPSA) is 9.23 Å². The van der Waals surface area contributed by atoms with Crippen LogP contribution in [0.4, 0.5) is 0 Å². The molecule has 0 unspecified atom stereocenters. The van der Waals surface area contributed by atoms with Gasteiger partial charge in [0.25, 0.3) is 8.32 Å². The molecule has 3 aliphatic rings. The summed E-state index contributed by atoms with van der Waals surface area (Å²) in [6, 6.07) is 0. The van der Waals surface area contributed by atoms with Crippen LogP contribution in [0.3, 0.4) is 0 Å². The van der Waals surface area contributed by atoms with Crippen LogP contribution >= 0.6 is 0 Å². The first-order chi connectivity index (χ1) is 9.38. The highest BCUT2D eigenvalue weighted by molar-refractivity contribution is 6.93. The van der Waals surface area contributed by atoms with Gasteiger partial charge in [0, 0.05) is 6.61 Å². The second-order valence-corrected chi connectivity index (χ2v) is 8.66. The second-order valence-electron chi connectivity index (χ2n) is 5.09. The third-order valence-corrected chi connectivity index (χ3v) is 8.58. The third-order valence-electron chi connectivity index (χ3n) is 4.03. The normalized spacial score (nSPS) is 21.0. The summed E-state index contributed by atoms with van der Waals surface area (Å²) in [6.07, 6.45) is 23.3. The summed E-state index contributed by atoms with van der Waals surface area (Å²) < 4.78 is 6.50. The molecule has 0 saturated heterocycles. The Hall–Kier alpha value is -1.38. The molecular formula is C17H20OSi. The van der Waals surface area contributed by atoms with Crippen molar-refractivity contribution >= 4 is 8.32 Å². The summed E-state index contributed by atoms with van der Waals surface area (Å²) in [7, 11) is -2.10. The molecule has 3 aliphatic carbocycles. The first kappa shape index (κ1) is 12.6. The summed E-state index contributed by atoms with van der Waals surface area (Å²) in [5.74, 6) is 0. The van der Waals surface area contributed by atoms with Gasteiger partial charge in [-0.15, -0.1) is 0 Å². The molecule has 0 fully saturated rings. The van der Waals surface area contributed by atoms with Gasteiger partial charge < -0.3 is 4.43 Å². The first-order valence-electron chi connectivity index (χ1n) is 7.10. The van der Waals surface area contributed by atoms with E-state index in [0.29, 0.717) is 0 Å². The van der Waals surface area contributed by atoms with Crippen LogP contribution in [0.25, 0.3) is 0 Å². The first-order valence-corrected chi connectivity index (χ1v) is 9.01. The Morgan fingerprint density at radius 2 is 1.26 bits per heavy atom. The van der Waals surface area contributed by atoms with Crippen LogP contribution in [-0.2, 0) is 4.43 Å². The minimum absolute atomic E-state index is 0.790. The van der Waals surface area contributed by atoms with E-state index < -0.39 is 8.32 Å². The fourth-order valence-corrected chi connectivity index (χ4v) is 7.67. The molecule has 0 atom stereocenters. The van der Waals surface area contributed by atoms with Crippen molar-refractivity contribution < 1.29 is 4.43 Å². The monoisotopic (exact) mass is 268 g/mol. The van der Waals surface area contributed by atoms with Crippen LogP contribution in [-0.4, -0.2) is 14.9 Å². The molecule has 2 heteroatoms. The standard InChI is InChI=1S/C17H20OSi/c1-2-18-19(15-9-3-4-10-15,16-11-5-6-12-16)17-13-7-8-14-17/h3-9,11,13H,2,10,12,14H2,1H3. The predicted molar refractivity (Wildman–Crippen MR) is 82.9 cm³/mol. The number of hydrogen-bond acceptors (Lipinski definition) is 1. The van der Waals surface area contributed by atoms with Crippen molar-refractivity contribution in [1.82, 2.24) is 0 Å². The summed E-state index contributed by atoms with van der Waals surface area (Å²) in [5, 5.41) is 4.54. The molecular weight excluding hydrogens is 248 g/mol. The van der Waals surface area contributed by atoms with E-state index in [1.54, 1.807) is 0 Å². The highest BCUT2D eigenvalue weighted by Gasteiger charge is 2.46. The molecule has 0 heterocycles. The van der Waals surface area contributed by atoms with E-state index in [-0.39, 0.29) is 0 Å². The lowest BCUT2D eigenvalue weighted by Gasteiger charge is -2.35. The molecule has 0 aromatic rings. The average Bonchev–Trinajstić information content (AvgIpc) is 3.18. The van der Waals surface area contributed by atoms with Gasteiger partial charge in [-0.3, -0.25) is 0 Å². The molecule has 0 N–H and O–H groups in total. The van der Waals surface area contributed by atoms with Crippen molar-refractivity contribution in [3.63, 3.8) is 0 Å². The largest absolute Gasteiger partial charge is 0.405 e. The van der Waals surface area contributed by atoms with Crippen molar-refractivity contribution in [1.29, 1.82) is 0 Å². The zero-order valence-electron chi connectivity index (χ0n) is 11.4. The summed E-state index contributed by atoms with van der Waals surface area (Å²) in [4.78, 5) is 0. The molecule has 19 heavy (non-hydrogen) atoms. The fourth-order valence-electron chi connectivity index (χ4n) is 3.24. The fraction of sp³-hybridized carbons (Fsp3) is 0.294. The zero-order valence-corrected chi connectivity index (χ0v) is 12.4. The van der Waals surface area contributed by atoms with E-state index in [1.165, 1.54) is 15.6 Å². The Morgan fingerprint density at radius 3 is 1.53 bits per heavy atom. The molecule has 0 bridgehead atoms. The van der Waals surface area contributed by atoms with Gasteiger partial charge in [0.15, 0.2) is 0 Å². The number of hydrogen-bond donors (Lipinski definition) is 0. The van der Waals surface area contributed by atoms with Gasteiger partial charge >= 0.3 is 0 Å². The van der Waals surface area contributed by atoms with Gasteiger partial charge in [0.2, 0.25) is 0 Å². The molecule has 3 rings (SSSR count).